The van der Waals surface area contributed by atoms with Crippen molar-refractivity contribution in [2.75, 3.05) is 32.8 Å². The van der Waals surface area contributed by atoms with Crippen LogP contribution >= 0.6 is 0 Å². The van der Waals surface area contributed by atoms with Crippen molar-refractivity contribution in [2.45, 2.75) is 50.2 Å². The lowest BCUT2D eigenvalue weighted by Crippen LogP contribution is -2.54. The first-order valence-corrected chi connectivity index (χ1v) is 11.4. The van der Waals surface area contributed by atoms with Crippen LogP contribution in [0.15, 0.2) is 30.5 Å². The van der Waals surface area contributed by atoms with E-state index >= 15 is 0 Å². The number of carbonyl (C=O) groups is 2. The molecule has 2 aromatic rings. The molecule has 3 atom stereocenters. The molecule has 3 unspecified atom stereocenters. The normalized spacial score (nSPS) is 27.0. The summed E-state index contributed by atoms with van der Waals surface area (Å²) in [7, 11) is 0. The van der Waals surface area contributed by atoms with Crippen molar-refractivity contribution in [1.82, 2.24) is 25.6 Å². The molecule has 2 amide bonds. The number of hydrogen-bond acceptors (Lipinski definition) is 5. The molecule has 4 heterocycles. The Morgan fingerprint density at radius 1 is 1.06 bits per heavy atom. The highest BCUT2D eigenvalue weighted by Crippen LogP contribution is 2.26. The Morgan fingerprint density at radius 2 is 1.90 bits per heavy atom. The number of benzene rings is 1. The van der Waals surface area contributed by atoms with Crippen LogP contribution in [-0.2, 0) is 20.7 Å². The third-order valence-corrected chi connectivity index (χ3v) is 6.90. The molecule has 3 fully saturated rings. The van der Waals surface area contributed by atoms with Gasteiger partial charge in [-0.1, -0.05) is 18.2 Å². The highest BCUT2D eigenvalue weighted by atomic mass is 16.5. The Kier molecular flexibility index (Phi) is 5.93. The van der Waals surface area contributed by atoms with Crippen LogP contribution in [0, 0.1) is 0 Å². The van der Waals surface area contributed by atoms with E-state index in [0.29, 0.717) is 39.1 Å². The number of piperidine rings is 1. The van der Waals surface area contributed by atoms with Gasteiger partial charge in [0.1, 0.15) is 6.04 Å². The minimum absolute atomic E-state index is 0.0854. The third kappa shape index (κ3) is 4.20. The van der Waals surface area contributed by atoms with Gasteiger partial charge in [-0.15, -0.1) is 0 Å². The summed E-state index contributed by atoms with van der Waals surface area (Å²) < 4.78 is 5.36. The SMILES string of the molecule is O=C(C1CC(C2CCCCN2C(=O)Cc2c[nH]c3ccccc23)NN1)N1CCOCC1. The van der Waals surface area contributed by atoms with Crippen molar-refractivity contribution >= 4 is 22.7 Å². The Hall–Kier alpha value is -2.42. The first kappa shape index (κ1) is 20.5. The van der Waals surface area contributed by atoms with Crippen LogP contribution in [0.2, 0.25) is 0 Å². The number of aromatic nitrogens is 1. The second kappa shape index (κ2) is 8.98. The molecule has 0 aliphatic carbocycles. The molecular weight excluding hydrogens is 394 g/mol. The highest BCUT2D eigenvalue weighted by Gasteiger charge is 2.40. The molecule has 1 aromatic carbocycles. The fourth-order valence-corrected chi connectivity index (χ4v) is 5.23. The first-order valence-electron chi connectivity index (χ1n) is 11.4. The first-order chi connectivity index (χ1) is 15.2. The van der Waals surface area contributed by atoms with Crippen molar-refractivity contribution in [3.8, 4) is 0 Å². The van der Waals surface area contributed by atoms with E-state index in [9.17, 15) is 9.59 Å². The number of morpholine rings is 1. The maximum Gasteiger partial charge on any atom is 0.241 e. The number of aromatic amines is 1. The predicted octanol–water partition coefficient (Wildman–Crippen LogP) is 1.19. The van der Waals surface area contributed by atoms with Gasteiger partial charge in [0.15, 0.2) is 0 Å². The largest absolute Gasteiger partial charge is 0.378 e. The number of rotatable bonds is 4. The molecule has 166 valence electrons. The molecule has 3 aliphatic heterocycles. The van der Waals surface area contributed by atoms with Gasteiger partial charge in [-0.2, -0.15) is 0 Å². The smallest absolute Gasteiger partial charge is 0.241 e. The zero-order chi connectivity index (χ0) is 21.2. The second-order valence-electron chi connectivity index (χ2n) is 8.81. The summed E-state index contributed by atoms with van der Waals surface area (Å²) in [6.45, 7) is 3.30. The third-order valence-electron chi connectivity index (χ3n) is 6.90. The summed E-state index contributed by atoms with van der Waals surface area (Å²) in [5.74, 6) is 0.296. The van der Waals surface area contributed by atoms with Gasteiger partial charge in [0.05, 0.1) is 19.6 Å². The van der Waals surface area contributed by atoms with E-state index in [4.69, 9.17) is 4.74 Å². The molecule has 0 bridgehead atoms. The maximum absolute atomic E-state index is 13.3. The van der Waals surface area contributed by atoms with E-state index in [1.54, 1.807) is 0 Å². The summed E-state index contributed by atoms with van der Waals surface area (Å²) in [4.78, 5) is 33.4. The number of hydrazine groups is 1. The standard InChI is InChI=1S/C23H31N5O3/c29-22(13-16-15-24-18-6-2-1-5-17(16)18)28-8-4-3-7-21(28)19-14-20(26-25-19)23(30)27-9-11-31-12-10-27/h1-2,5-6,15,19-21,24-26H,3-4,7-14H2. The predicted molar refractivity (Wildman–Crippen MR) is 117 cm³/mol. The molecule has 3 N–H and O–H groups in total. The summed E-state index contributed by atoms with van der Waals surface area (Å²) in [6.07, 6.45) is 6.17. The van der Waals surface area contributed by atoms with Crippen LogP contribution < -0.4 is 10.9 Å². The molecule has 3 aliphatic rings. The molecule has 0 saturated carbocycles. The quantitative estimate of drug-likeness (QED) is 0.685. The topological polar surface area (TPSA) is 89.7 Å². The molecule has 5 rings (SSSR count). The van der Waals surface area contributed by atoms with Crippen molar-refractivity contribution in [3.05, 3.63) is 36.0 Å². The Labute approximate surface area is 182 Å². The number of nitrogens with zero attached hydrogens (tertiary/aromatic N) is 2. The molecule has 0 radical (unpaired) electrons. The van der Waals surface area contributed by atoms with Gasteiger partial charge >= 0.3 is 0 Å². The minimum Gasteiger partial charge on any atom is -0.378 e. The van der Waals surface area contributed by atoms with E-state index in [1.807, 2.05) is 34.2 Å². The van der Waals surface area contributed by atoms with Gasteiger partial charge < -0.3 is 19.5 Å². The Bertz CT molecular complexity index is 938. The van der Waals surface area contributed by atoms with Gasteiger partial charge in [0.2, 0.25) is 11.8 Å². The lowest BCUT2D eigenvalue weighted by atomic mass is 9.92. The lowest BCUT2D eigenvalue weighted by molar-refractivity contribution is -0.137. The fourth-order valence-electron chi connectivity index (χ4n) is 5.23. The number of ether oxygens (including phenoxy) is 1. The van der Waals surface area contributed by atoms with Crippen LogP contribution in [0.5, 0.6) is 0 Å². The minimum atomic E-state index is -0.240. The van der Waals surface area contributed by atoms with Gasteiger partial charge in [-0.05, 0) is 37.3 Å². The number of para-hydroxylation sites is 1. The summed E-state index contributed by atoms with van der Waals surface area (Å²) in [5.41, 5.74) is 8.65. The van der Waals surface area contributed by atoms with E-state index < -0.39 is 0 Å². The number of fused-ring (bicyclic) bond motifs is 1. The average molecular weight is 426 g/mol. The average Bonchev–Trinajstić information content (AvgIpc) is 3.47. The molecule has 1 aromatic heterocycles. The Morgan fingerprint density at radius 3 is 2.77 bits per heavy atom. The fraction of sp³-hybridized carbons (Fsp3) is 0.565. The molecule has 3 saturated heterocycles. The van der Waals surface area contributed by atoms with Crippen LogP contribution in [0.4, 0.5) is 0 Å². The number of hydrogen-bond donors (Lipinski definition) is 3. The van der Waals surface area contributed by atoms with Crippen LogP contribution in [0.3, 0.4) is 0 Å². The van der Waals surface area contributed by atoms with E-state index in [1.165, 1.54) is 0 Å². The van der Waals surface area contributed by atoms with Crippen molar-refractivity contribution < 1.29 is 14.3 Å². The van der Waals surface area contributed by atoms with Gasteiger partial charge in [0.25, 0.3) is 0 Å². The molecular formula is C23H31N5O3. The van der Waals surface area contributed by atoms with E-state index in [0.717, 1.165) is 42.3 Å². The molecule has 8 heteroatoms. The van der Waals surface area contributed by atoms with Crippen LogP contribution in [0.1, 0.15) is 31.2 Å². The van der Waals surface area contributed by atoms with E-state index in [2.05, 4.69) is 21.9 Å². The van der Waals surface area contributed by atoms with Gasteiger partial charge in [-0.3, -0.25) is 15.0 Å². The molecule has 31 heavy (non-hydrogen) atoms. The summed E-state index contributed by atoms with van der Waals surface area (Å²) >= 11 is 0. The maximum atomic E-state index is 13.3. The van der Waals surface area contributed by atoms with Crippen LogP contribution in [-0.4, -0.2) is 77.6 Å². The Balaban J connectivity index is 1.25. The summed E-state index contributed by atoms with van der Waals surface area (Å²) in [5, 5.41) is 1.11. The summed E-state index contributed by atoms with van der Waals surface area (Å²) in [6, 6.07) is 8.06. The van der Waals surface area contributed by atoms with Gasteiger partial charge in [-0.25, -0.2) is 5.43 Å². The van der Waals surface area contributed by atoms with Gasteiger partial charge in [0, 0.05) is 48.8 Å². The second-order valence-corrected chi connectivity index (χ2v) is 8.81. The van der Waals surface area contributed by atoms with Crippen molar-refractivity contribution in [2.24, 2.45) is 0 Å². The number of H-pyrrole nitrogens is 1. The van der Waals surface area contributed by atoms with Crippen LogP contribution in [0.25, 0.3) is 10.9 Å². The van der Waals surface area contributed by atoms with E-state index in [-0.39, 0.29) is 29.9 Å². The number of likely N-dealkylation sites (tertiary alicyclic amines) is 1. The zero-order valence-electron chi connectivity index (χ0n) is 17.8. The number of carbonyl (C=O) groups excluding carboxylic acids is 2. The molecule has 0 spiro atoms. The highest BCUT2D eigenvalue weighted by molar-refractivity contribution is 5.89. The van der Waals surface area contributed by atoms with Crippen molar-refractivity contribution in [3.63, 3.8) is 0 Å². The number of nitrogens with one attached hydrogen (secondary N) is 3. The lowest BCUT2D eigenvalue weighted by Gasteiger charge is -2.39. The molecule has 8 nitrogen and oxygen atoms in total. The zero-order valence-corrected chi connectivity index (χ0v) is 17.8. The number of amides is 2. The van der Waals surface area contributed by atoms with Crippen molar-refractivity contribution in [1.29, 1.82) is 0 Å². The monoisotopic (exact) mass is 425 g/mol.